The molecule has 2 heteroatoms. The average molecular weight is 125 g/mol. The summed E-state index contributed by atoms with van der Waals surface area (Å²) in [6.07, 6.45) is 2.20. The van der Waals surface area contributed by atoms with Crippen LogP contribution in [-0.4, -0.2) is 6.47 Å². The Hall–Kier alpha value is -0.970. The molecule has 0 aromatic carbocycles. The Bertz CT molecular complexity index is 143. The molecule has 0 bridgehead atoms. The summed E-state index contributed by atoms with van der Waals surface area (Å²) in [6, 6.07) is 0. The Balaban J connectivity index is 3.72. The van der Waals surface area contributed by atoms with Crippen LogP contribution < -0.4 is 0 Å². The van der Waals surface area contributed by atoms with Gasteiger partial charge in [0.15, 0.2) is 0 Å². The fourth-order valence-electron chi connectivity index (χ4n) is 0.199. The largest absolute Gasteiger partial charge is 0.432 e. The number of carbonyl (C=O) groups excluding carboxylic acids is 1. The van der Waals surface area contributed by atoms with E-state index in [-0.39, 0.29) is 5.41 Å². The first-order chi connectivity index (χ1) is 4.06. The Kier molecular flexibility index (Phi) is 2.80. The van der Waals surface area contributed by atoms with Gasteiger partial charge in [0.05, 0.1) is 0 Å². The van der Waals surface area contributed by atoms with Gasteiger partial charge >= 0.3 is 6.47 Å². The van der Waals surface area contributed by atoms with E-state index in [2.05, 4.69) is 16.8 Å². The van der Waals surface area contributed by atoms with E-state index in [9.17, 15) is 4.79 Å². The van der Waals surface area contributed by atoms with Crippen molar-refractivity contribution in [3.8, 4) is 12.0 Å². The molecule has 0 fully saturated rings. The number of hydrogen-bond acceptors (Lipinski definition) is 2. The molecule has 0 amide bonds. The summed E-state index contributed by atoms with van der Waals surface area (Å²) in [4.78, 5) is 9.44. The average Bonchev–Trinajstić information content (AvgIpc) is 1.63. The second-order valence-corrected chi connectivity index (χ2v) is 2.66. The highest BCUT2D eigenvalue weighted by Gasteiger charge is 2.03. The first-order valence-electron chi connectivity index (χ1n) is 2.61. The molecule has 0 saturated carbocycles. The monoisotopic (exact) mass is 125 g/mol. The molecular formula is C7H9O2. The van der Waals surface area contributed by atoms with Gasteiger partial charge in [-0.1, -0.05) is 5.92 Å². The van der Waals surface area contributed by atoms with Crippen LogP contribution in [0.25, 0.3) is 0 Å². The lowest BCUT2D eigenvalue weighted by atomic mass is 9.99. The summed E-state index contributed by atoms with van der Waals surface area (Å²) in [5, 5.41) is 0. The lowest BCUT2D eigenvalue weighted by Crippen LogP contribution is -1.99. The normalized spacial score (nSPS) is 9.22. The van der Waals surface area contributed by atoms with Gasteiger partial charge in [-0.2, -0.15) is 0 Å². The molecule has 0 spiro atoms. The molecule has 0 aliphatic heterocycles. The Labute approximate surface area is 55.2 Å². The lowest BCUT2D eigenvalue weighted by molar-refractivity contribution is 0.417. The minimum Gasteiger partial charge on any atom is -0.364 e. The third-order valence-electron chi connectivity index (χ3n) is 0.519. The van der Waals surface area contributed by atoms with Gasteiger partial charge in [0.2, 0.25) is 0 Å². The molecule has 0 heterocycles. The molecule has 0 aliphatic carbocycles. The van der Waals surface area contributed by atoms with E-state index in [4.69, 9.17) is 0 Å². The van der Waals surface area contributed by atoms with Gasteiger partial charge in [-0.05, 0) is 20.8 Å². The van der Waals surface area contributed by atoms with Crippen LogP contribution in [-0.2, 0) is 9.53 Å². The van der Waals surface area contributed by atoms with Crippen LogP contribution in [0.5, 0.6) is 0 Å². The Morgan fingerprint density at radius 1 is 1.33 bits per heavy atom. The number of hydrogen-bond donors (Lipinski definition) is 0. The zero-order valence-corrected chi connectivity index (χ0v) is 5.82. The molecule has 0 N–H and O–H groups in total. The maximum atomic E-state index is 9.44. The van der Waals surface area contributed by atoms with Crippen molar-refractivity contribution < 1.29 is 9.53 Å². The Morgan fingerprint density at radius 3 is 2.22 bits per heavy atom. The first kappa shape index (κ1) is 8.03. The molecule has 0 rings (SSSR count). The predicted molar refractivity (Wildman–Crippen MR) is 34.0 cm³/mol. The lowest BCUT2D eigenvalue weighted by Gasteiger charge is -2.05. The van der Waals surface area contributed by atoms with Crippen molar-refractivity contribution >= 4 is 6.47 Å². The van der Waals surface area contributed by atoms with Crippen LogP contribution in [0.3, 0.4) is 0 Å². The SMILES string of the molecule is CC(C)(C)C#CO[C]=O. The molecule has 0 aromatic heterocycles. The highest BCUT2D eigenvalue weighted by molar-refractivity contribution is 5.40. The van der Waals surface area contributed by atoms with Crippen LogP contribution in [0, 0.1) is 17.4 Å². The molecular weight excluding hydrogens is 116 g/mol. The maximum absolute atomic E-state index is 9.44. The second-order valence-electron chi connectivity index (χ2n) is 2.66. The van der Waals surface area contributed by atoms with Gasteiger partial charge in [0.1, 0.15) is 6.11 Å². The zero-order chi connectivity index (χ0) is 7.33. The van der Waals surface area contributed by atoms with E-state index in [0.29, 0.717) is 0 Å². The highest BCUT2D eigenvalue weighted by Crippen LogP contribution is 2.09. The van der Waals surface area contributed by atoms with Crippen LogP contribution in [0.2, 0.25) is 0 Å². The second kappa shape index (κ2) is 3.13. The summed E-state index contributed by atoms with van der Waals surface area (Å²) < 4.78 is 4.04. The van der Waals surface area contributed by atoms with Gasteiger partial charge in [-0.3, -0.25) is 0 Å². The fraction of sp³-hybridized carbons (Fsp3) is 0.571. The summed E-state index contributed by atoms with van der Waals surface area (Å²) in [7, 11) is 0. The maximum Gasteiger partial charge on any atom is 0.432 e. The molecule has 49 valence electrons. The van der Waals surface area contributed by atoms with Gasteiger partial charge in [0, 0.05) is 5.41 Å². The minimum atomic E-state index is -0.114. The number of rotatable bonds is 1. The van der Waals surface area contributed by atoms with Gasteiger partial charge in [-0.25, -0.2) is 4.79 Å². The van der Waals surface area contributed by atoms with Crippen molar-refractivity contribution in [3.05, 3.63) is 0 Å². The molecule has 0 aliphatic rings. The van der Waals surface area contributed by atoms with E-state index in [1.54, 1.807) is 0 Å². The molecule has 0 aromatic rings. The standard InChI is InChI=1S/C7H9O2/c1-7(2,3)4-5-9-6-8/h1-3H3. The van der Waals surface area contributed by atoms with Crippen molar-refractivity contribution in [2.75, 3.05) is 0 Å². The summed E-state index contributed by atoms with van der Waals surface area (Å²) >= 11 is 0. The van der Waals surface area contributed by atoms with Crippen molar-refractivity contribution in [1.29, 1.82) is 0 Å². The van der Waals surface area contributed by atoms with Gasteiger partial charge in [-0.15, -0.1) is 0 Å². The Morgan fingerprint density at radius 2 is 1.89 bits per heavy atom. The van der Waals surface area contributed by atoms with E-state index >= 15 is 0 Å². The molecule has 1 radical (unpaired) electrons. The number of ether oxygens (including phenoxy) is 1. The van der Waals surface area contributed by atoms with E-state index < -0.39 is 0 Å². The third-order valence-corrected chi connectivity index (χ3v) is 0.519. The molecule has 0 atom stereocenters. The van der Waals surface area contributed by atoms with E-state index in [0.717, 1.165) is 0 Å². The van der Waals surface area contributed by atoms with E-state index in [1.807, 2.05) is 20.8 Å². The van der Waals surface area contributed by atoms with Gasteiger partial charge < -0.3 is 4.74 Å². The van der Waals surface area contributed by atoms with Crippen molar-refractivity contribution in [1.82, 2.24) is 0 Å². The zero-order valence-electron chi connectivity index (χ0n) is 5.82. The van der Waals surface area contributed by atoms with Crippen LogP contribution in [0.1, 0.15) is 20.8 Å². The fourth-order valence-corrected chi connectivity index (χ4v) is 0.199. The van der Waals surface area contributed by atoms with E-state index in [1.165, 1.54) is 6.47 Å². The third kappa shape index (κ3) is 7.03. The molecule has 0 saturated heterocycles. The van der Waals surface area contributed by atoms with Crippen LogP contribution in [0.15, 0.2) is 0 Å². The van der Waals surface area contributed by atoms with Crippen molar-refractivity contribution in [2.45, 2.75) is 20.8 Å². The van der Waals surface area contributed by atoms with Crippen LogP contribution >= 0.6 is 0 Å². The highest BCUT2D eigenvalue weighted by atomic mass is 16.5. The summed E-state index contributed by atoms with van der Waals surface area (Å²) in [6.45, 7) is 6.99. The molecule has 9 heavy (non-hydrogen) atoms. The minimum absolute atomic E-state index is 0.114. The quantitative estimate of drug-likeness (QED) is 0.490. The first-order valence-corrected chi connectivity index (χ1v) is 2.61. The predicted octanol–water partition coefficient (Wildman–Crippen LogP) is 1.08. The van der Waals surface area contributed by atoms with Crippen molar-refractivity contribution in [3.63, 3.8) is 0 Å². The topological polar surface area (TPSA) is 26.3 Å². The molecule has 0 unspecified atom stereocenters. The van der Waals surface area contributed by atoms with Gasteiger partial charge in [0.25, 0.3) is 0 Å². The summed E-state index contributed by atoms with van der Waals surface area (Å²) in [5.74, 6) is 2.69. The molecule has 2 nitrogen and oxygen atoms in total. The van der Waals surface area contributed by atoms with Crippen LogP contribution in [0.4, 0.5) is 0 Å². The smallest absolute Gasteiger partial charge is 0.364 e. The van der Waals surface area contributed by atoms with Crippen molar-refractivity contribution in [2.24, 2.45) is 5.41 Å². The summed E-state index contributed by atoms with van der Waals surface area (Å²) in [5.41, 5.74) is -0.114.